The van der Waals surface area contributed by atoms with E-state index in [-0.39, 0.29) is 5.91 Å². The molecular weight excluding hydrogens is 390 g/mol. The Morgan fingerprint density at radius 1 is 1.10 bits per heavy atom. The highest BCUT2D eigenvalue weighted by atomic mass is 35.5. The molecule has 0 bridgehead atoms. The van der Waals surface area contributed by atoms with Crippen LogP contribution in [0.25, 0.3) is 0 Å². The van der Waals surface area contributed by atoms with Crippen molar-refractivity contribution in [2.75, 3.05) is 50.1 Å². The van der Waals surface area contributed by atoms with Gasteiger partial charge in [0.2, 0.25) is 0 Å². The number of benzene rings is 1. The van der Waals surface area contributed by atoms with Crippen LogP contribution in [0.15, 0.2) is 30.3 Å². The molecule has 0 aliphatic carbocycles. The molecule has 29 heavy (non-hydrogen) atoms. The Bertz CT molecular complexity index is 862. The molecule has 1 aromatic carbocycles. The van der Waals surface area contributed by atoms with Gasteiger partial charge in [0.1, 0.15) is 23.2 Å². The quantitative estimate of drug-likeness (QED) is 0.745. The Labute approximate surface area is 177 Å². The van der Waals surface area contributed by atoms with Crippen molar-refractivity contribution in [1.29, 1.82) is 0 Å². The molecule has 2 aromatic rings. The molecule has 0 radical (unpaired) electrons. The zero-order valence-corrected chi connectivity index (χ0v) is 18.4. The third-order valence-electron chi connectivity index (χ3n) is 4.86. The maximum atomic E-state index is 13.1. The summed E-state index contributed by atoms with van der Waals surface area (Å²) in [4.78, 5) is 28.1. The lowest BCUT2D eigenvalue weighted by atomic mass is 10.1. The lowest BCUT2D eigenvalue weighted by Crippen LogP contribution is -2.56. The third-order valence-corrected chi connectivity index (χ3v) is 5.11. The van der Waals surface area contributed by atoms with Crippen LogP contribution in [-0.2, 0) is 4.79 Å². The Balaban J connectivity index is 1.64. The average Bonchev–Trinajstić information content (AvgIpc) is 2.68. The number of ether oxygens (including phenoxy) is 1. The number of halogens is 1. The van der Waals surface area contributed by atoms with Gasteiger partial charge in [0.15, 0.2) is 5.60 Å². The van der Waals surface area contributed by atoms with Gasteiger partial charge < -0.3 is 19.4 Å². The van der Waals surface area contributed by atoms with E-state index in [0.717, 1.165) is 17.5 Å². The first-order valence-corrected chi connectivity index (χ1v) is 10.1. The summed E-state index contributed by atoms with van der Waals surface area (Å²) in [6.07, 6.45) is 0. The maximum Gasteiger partial charge on any atom is 0.266 e. The molecular formula is C21H28ClN5O2. The summed E-state index contributed by atoms with van der Waals surface area (Å²) in [5.41, 5.74) is -0.959. The summed E-state index contributed by atoms with van der Waals surface area (Å²) in [5, 5.41) is 0.634. The van der Waals surface area contributed by atoms with E-state index in [1.165, 1.54) is 0 Å². The molecule has 1 aliphatic rings. The minimum atomic E-state index is -0.959. The van der Waals surface area contributed by atoms with E-state index in [1.807, 2.05) is 36.9 Å². The van der Waals surface area contributed by atoms with Crippen LogP contribution in [-0.4, -0.2) is 66.7 Å². The predicted molar refractivity (Wildman–Crippen MR) is 116 cm³/mol. The Kier molecular flexibility index (Phi) is 6.17. The smallest absolute Gasteiger partial charge is 0.266 e. The van der Waals surface area contributed by atoms with Gasteiger partial charge in [0, 0.05) is 51.4 Å². The minimum absolute atomic E-state index is 0.0278. The van der Waals surface area contributed by atoms with Gasteiger partial charge in [-0.15, -0.1) is 0 Å². The van der Waals surface area contributed by atoms with Crippen molar-refractivity contribution in [3.63, 3.8) is 0 Å². The number of aryl methyl sites for hydroxylation is 1. The van der Waals surface area contributed by atoms with E-state index in [9.17, 15) is 4.79 Å². The highest BCUT2D eigenvalue weighted by Gasteiger charge is 2.36. The van der Waals surface area contributed by atoms with Gasteiger partial charge in [-0.1, -0.05) is 11.6 Å². The number of piperazine rings is 1. The average molecular weight is 418 g/mol. The molecule has 1 aliphatic heterocycles. The van der Waals surface area contributed by atoms with E-state index < -0.39 is 5.60 Å². The second-order valence-corrected chi connectivity index (χ2v) is 8.31. The number of carbonyl (C=O) groups is 1. The number of hydrogen-bond donors (Lipinski definition) is 0. The number of aromatic nitrogens is 2. The van der Waals surface area contributed by atoms with Gasteiger partial charge in [-0.2, -0.15) is 0 Å². The lowest BCUT2D eigenvalue weighted by molar-refractivity contribution is -0.145. The van der Waals surface area contributed by atoms with Crippen LogP contribution in [0.2, 0.25) is 5.02 Å². The van der Waals surface area contributed by atoms with Gasteiger partial charge >= 0.3 is 0 Å². The topological polar surface area (TPSA) is 61.8 Å². The Morgan fingerprint density at radius 3 is 2.31 bits per heavy atom. The fourth-order valence-electron chi connectivity index (χ4n) is 3.29. The van der Waals surface area contributed by atoms with Gasteiger partial charge in [0.25, 0.3) is 5.91 Å². The molecule has 1 fully saturated rings. The Hall–Kier alpha value is -2.54. The highest BCUT2D eigenvalue weighted by molar-refractivity contribution is 6.30. The number of nitrogens with zero attached hydrogens (tertiary/aromatic N) is 5. The van der Waals surface area contributed by atoms with E-state index in [4.69, 9.17) is 16.3 Å². The summed E-state index contributed by atoms with van der Waals surface area (Å²) in [7, 11) is 3.93. The third kappa shape index (κ3) is 5.09. The summed E-state index contributed by atoms with van der Waals surface area (Å²) < 4.78 is 5.95. The van der Waals surface area contributed by atoms with Crippen molar-refractivity contribution in [2.24, 2.45) is 0 Å². The normalized spacial score (nSPS) is 14.7. The van der Waals surface area contributed by atoms with Crippen LogP contribution in [0.3, 0.4) is 0 Å². The fourth-order valence-corrected chi connectivity index (χ4v) is 3.41. The van der Waals surface area contributed by atoms with E-state index in [0.29, 0.717) is 37.0 Å². The summed E-state index contributed by atoms with van der Waals surface area (Å²) in [6, 6.07) is 9.03. The van der Waals surface area contributed by atoms with Crippen LogP contribution in [0.5, 0.6) is 5.75 Å². The number of amides is 1. The van der Waals surface area contributed by atoms with Crippen LogP contribution in [0, 0.1) is 6.92 Å². The minimum Gasteiger partial charge on any atom is -0.478 e. The number of rotatable bonds is 5. The van der Waals surface area contributed by atoms with Crippen molar-refractivity contribution in [2.45, 2.75) is 26.4 Å². The lowest BCUT2D eigenvalue weighted by Gasteiger charge is -2.39. The molecule has 3 rings (SSSR count). The molecule has 1 aromatic heterocycles. The van der Waals surface area contributed by atoms with E-state index in [1.54, 1.807) is 38.1 Å². The zero-order chi connectivity index (χ0) is 21.2. The molecule has 1 saturated heterocycles. The van der Waals surface area contributed by atoms with Crippen LogP contribution in [0.1, 0.15) is 19.7 Å². The van der Waals surface area contributed by atoms with E-state index in [2.05, 4.69) is 14.9 Å². The fraction of sp³-hybridized carbons (Fsp3) is 0.476. The zero-order valence-electron chi connectivity index (χ0n) is 17.6. The molecule has 0 N–H and O–H groups in total. The molecule has 0 atom stereocenters. The van der Waals surface area contributed by atoms with Gasteiger partial charge in [0.05, 0.1) is 0 Å². The molecule has 1 amide bonds. The molecule has 8 heteroatoms. The van der Waals surface area contributed by atoms with Gasteiger partial charge in [-0.05, 0) is 45.0 Å². The first kappa shape index (κ1) is 21.2. The van der Waals surface area contributed by atoms with Crippen LogP contribution >= 0.6 is 11.6 Å². The number of carbonyl (C=O) groups excluding carboxylic acids is 1. The second-order valence-electron chi connectivity index (χ2n) is 7.87. The molecule has 156 valence electrons. The first-order valence-electron chi connectivity index (χ1n) is 9.67. The first-order chi connectivity index (χ1) is 13.7. The van der Waals surface area contributed by atoms with Gasteiger partial charge in [-0.25, -0.2) is 9.97 Å². The molecule has 0 saturated carbocycles. The summed E-state index contributed by atoms with van der Waals surface area (Å²) in [6.45, 7) is 8.16. The number of hydrogen-bond acceptors (Lipinski definition) is 6. The SMILES string of the molecule is Cc1nc(N(C)C)cc(N2CCN(C(=O)C(C)(C)Oc3ccc(Cl)cc3)CC2)n1. The Morgan fingerprint density at radius 2 is 1.72 bits per heavy atom. The highest BCUT2D eigenvalue weighted by Crippen LogP contribution is 2.24. The summed E-state index contributed by atoms with van der Waals surface area (Å²) in [5.74, 6) is 3.11. The molecule has 0 unspecified atom stereocenters. The van der Waals surface area contributed by atoms with Crippen molar-refractivity contribution in [3.8, 4) is 5.75 Å². The predicted octanol–water partition coefficient (Wildman–Crippen LogP) is 3.01. The maximum absolute atomic E-state index is 13.1. The molecule has 2 heterocycles. The second kappa shape index (κ2) is 8.45. The van der Waals surface area contributed by atoms with Crippen molar-refractivity contribution in [1.82, 2.24) is 14.9 Å². The van der Waals surface area contributed by atoms with Crippen LogP contribution < -0.4 is 14.5 Å². The van der Waals surface area contributed by atoms with Crippen molar-refractivity contribution < 1.29 is 9.53 Å². The van der Waals surface area contributed by atoms with Gasteiger partial charge in [-0.3, -0.25) is 4.79 Å². The molecule has 0 spiro atoms. The molecule has 7 nitrogen and oxygen atoms in total. The largest absolute Gasteiger partial charge is 0.478 e. The summed E-state index contributed by atoms with van der Waals surface area (Å²) >= 11 is 5.92. The number of anilines is 2. The van der Waals surface area contributed by atoms with Crippen molar-refractivity contribution >= 4 is 29.1 Å². The van der Waals surface area contributed by atoms with Crippen LogP contribution in [0.4, 0.5) is 11.6 Å². The van der Waals surface area contributed by atoms with Crippen molar-refractivity contribution in [3.05, 3.63) is 41.2 Å². The monoisotopic (exact) mass is 417 g/mol. The standard InChI is InChI=1S/C21H28ClN5O2/c1-15-23-18(25(4)5)14-19(24-15)26-10-12-27(13-11-26)20(28)21(2,3)29-17-8-6-16(22)7-9-17/h6-9,14H,10-13H2,1-5H3. The van der Waals surface area contributed by atoms with E-state index >= 15 is 0 Å².